The van der Waals surface area contributed by atoms with Crippen LogP contribution < -0.4 is 10.6 Å². The Bertz CT molecular complexity index is 268. The number of carbonyl (C=O) groups excluding carboxylic acids is 1. The smallest absolute Gasteiger partial charge is 0.326 e. The molecule has 0 saturated carbocycles. The average molecular weight is 228 g/mol. The molecule has 0 aromatic heterocycles. The van der Waals surface area contributed by atoms with Gasteiger partial charge in [0.2, 0.25) is 5.91 Å². The van der Waals surface area contributed by atoms with Gasteiger partial charge >= 0.3 is 5.97 Å². The quantitative estimate of drug-likeness (QED) is 0.628. The van der Waals surface area contributed by atoms with E-state index in [-0.39, 0.29) is 17.7 Å². The Kier molecular flexibility index (Phi) is 4.73. The molecule has 0 radical (unpaired) electrons. The predicted octanol–water partition coefficient (Wildman–Crippen LogP) is 0.211. The Morgan fingerprint density at radius 2 is 2.19 bits per heavy atom. The maximum absolute atomic E-state index is 11.8. The lowest BCUT2D eigenvalue weighted by molar-refractivity contribution is -0.142. The molecular weight excluding hydrogens is 208 g/mol. The van der Waals surface area contributed by atoms with E-state index in [4.69, 9.17) is 5.11 Å². The second-order valence-corrected chi connectivity index (χ2v) is 4.43. The van der Waals surface area contributed by atoms with Gasteiger partial charge in [0, 0.05) is 6.54 Å². The second-order valence-electron chi connectivity index (χ2n) is 4.43. The van der Waals surface area contributed by atoms with Gasteiger partial charge in [-0.15, -0.1) is 0 Å². The summed E-state index contributed by atoms with van der Waals surface area (Å²) in [5.74, 6) is -0.915. The lowest BCUT2D eigenvalue weighted by Crippen LogP contribution is -2.45. The van der Waals surface area contributed by atoms with E-state index in [1.807, 2.05) is 13.8 Å². The van der Waals surface area contributed by atoms with Gasteiger partial charge in [-0.2, -0.15) is 0 Å². The molecule has 1 fully saturated rings. The minimum absolute atomic E-state index is 0.0984. The van der Waals surface area contributed by atoms with Crippen molar-refractivity contribution < 1.29 is 14.7 Å². The number of carboxylic acid groups (broad SMARTS) is 1. The molecule has 92 valence electrons. The highest BCUT2D eigenvalue weighted by atomic mass is 16.4. The summed E-state index contributed by atoms with van der Waals surface area (Å²) in [6.45, 7) is 5.37. The monoisotopic (exact) mass is 228 g/mol. The molecule has 1 aliphatic rings. The first-order chi connectivity index (χ1) is 7.56. The average Bonchev–Trinajstić information content (AvgIpc) is 2.63. The van der Waals surface area contributed by atoms with Crippen LogP contribution in [-0.4, -0.2) is 36.1 Å². The Labute approximate surface area is 95.6 Å². The van der Waals surface area contributed by atoms with E-state index in [1.54, 1.807) is 0 Å². The van der Waals surface area contributed by atoms with Crippen LogP contribution in [0.4, 0.5) is 0 Å². The summed E-state index contributed by atoms with van der Waals surface area (Å²) in [6, 6.07) is -0.745. The van der Waals surface area contributed by atoms with Crippen LogP contribution in [0, 0.1) is 11.8 Å². The molecule has 1 heterocycles. The summed E-state index contributed by atoms with van der Waals surface area (Å²) < 4.78 is 0. The van der Waals surface area contributed by atoms with Crippen molar-refractivity contribution in [1.82, 2.24) is 10.6 Å². The van der Waals surface area contributed by atoms with Crippen molar-refractivity contribution >= 4 is 11.9 Å². The Balaban J connectivity index is 2.50. The third kappa shape index (κ3) is 3.20. The van der Waals surface area contributed by atoms with Gasteiger partial charge in [-0.1, -0.05) is 20.3 Å². The highest BCUT2D eigenvalue weighted by Gasteiger charge is 2.31. The SMILES string of the molecule is CCCC(NC(=O)C1CNCC1C)C(=O)O. The van der Waals surface area contributed by atoms with Gasteiger partial charge in [0.25, 0.3) is 0 Å². The fourth-order valence-corrected chi connectivity index (χ4v) is 1.99. The van der Waals surface area contributed by atoms with Gasteiger partial charge < -0.3 is 15.7 Å². The molecule has 3 unspecified atom stereocenters. The Morgan fingerprint density at radius 1 is 1.50 bits per heavy atom. The minimum atomic E-state index is -0.950. The molecule has 5 heteroatoms. The normalized spacial score (nSPS) is 26.4. The fourth-order valence-electron chi connectivity index (χ4n) is 1.99. The van der Waals surface area contributed by atoms with Crippen LogP contribution >= 0.6 is 0 Å². The van der Waals surface area contributed by atoms with Gasteiger partial charge in [-0.25, -0.2) is 4.79 Å². The van der Waals surface area contributed by atoms with Crippen molar-refractivity contribution in [3.05, 3.63) is 0 Å². The molecule has 1 amide bonds. The second kappa shape index (κ2) is 5.84. The van der Waals surface area contributed by atoms with Crippen LogP contribution in [0.5, 0.6) is 0 Å². The van der Waals surface area contributed by atoms with Crippen LogP contribution in [-0.2, 0) is 9.59 Å². The number of aliphatic carboxylic acids is 1. The van der Waals surface area contributed by atoms with E-state index in [2.05, 4.69) is 10.6 Å². The van der Waals surface area contributed by atoms with Crippen molar-refractivity contribution in [2.75, 3.05) is 13.1 Å². The van der Waals surface area contributed by atoms with Gasteiger partial charge in [-0.3, -0.25) is 4.79 Å². The summed E-state index contributed by atoms with van der Waals surface area (Å²) in [4.78, 5) is 22.7. The van der Waals surface area contributed by atoms with Gasteiger partial charge in [-0.05, 0) is 18.9 Å². The molecule has 1 aliphatic heterocycles. The van der Waals surface area contributed by atoms with Gasteiger partial charge in [0.05, 0.1) is 5.92 Å². The molecule has 0 aromatic rings. The first kappa shape index (κ1) is 13.0. The topological polar surface area (TPSA) is 78.4 Å². The number of hydrogen-bond donors (Lipinski definition) is 3. The van der Waals surface area contributed by atoms with Crippen molar-refractivity contribution in [2.45, 2.75) is 32.7 Å². The molecule has 1 saturated heterocycles. The van der Waals surface area contributed by atoms with Crippen LogP contribution in [0.1, 0.15) is 26.7 Å². The number of nitrogens with one attached hydrogen (secondary N) is 2. The predicted molar refractivity (Wildman–Crippen MR) is 60.0 cm³/mol. The van der Waals surface area contributed by atoms with Crippen molar-refractivity contribution in [1.29, 1.82) is 0 Å². The lowest BCUT2D eigenvalue weighted by Gasteiger charge is -2.18. The largest absolute Gasteiger partial charge is 0.480 e. The van der Waals surface area contributed by atoms with Crippen LogP contribution in [0.3, 0.4) is 0 Å². The van der Waals surface area contributed by atoms with E-state index in [9.17, 15) is 9.59 Å². The zero-order valence-electron chi connectivity index (χ0n) is 9.82. The summed E-state index contributed by atoms with van der Waals surface area (Å²) in [7, 11) is 0. The fraction of sp³-hybridized carbons (Fsp3) is 0.818. The molecule has 5 nitrogen and oxygen atoms in total. The maximum Gasteiger partial charge on any atom is 0.326 e. The molecule has 0 spiro atoms. The third-order valence-corrected chi connectivity index (χ3v) is 3.05. The van der Waals surface area contributed by atoms with Crippen LogP contribution in [0.25, 0.3) is 0 Å². The molecular formula is C11H20N2O3. The molecule has 0 aromatic carbocycles. The summed E-state index contributed by atoms with van der Waals surface area (Å²) in [6.07, 6.45) is 1.23. The van der Waals surface area contributed by atoms with Crippen molar-refractivity contribution in [3.8, 4) is 0 Å². The van der Waals surface area contributed by atoms with Crippen molar-refractivity contribution in [2.24, 2.45) is 11.8 Å². The van der Waals surface area contributed by atoms with Gasteiger partial charge in [0.15, 0.2) is 0 Å². The molecule has 0 bridgehead atoms. The number of carbonyl (C=O) groups is 2. The van der Waals surface area contributed by atoms with E-state index in [1.165, 1.54) is 0 Å². The molecule has 0 aliphatic carbocycles. The van der Waals surface area contributed by atoms with E-state index in [0.29, 0.717) is 13.0 Å². The zero-order chi connectivity index (χ0) is 12.1. The maximum atomic E-state index is 11.8. The first-order valence-corrected chi connectivity index (χ1v) is 5.80. The Morgan fingerprint density at radius 3 is 2.62 bits per heavy atom. The zero-order valence-corrected chi connectivity index (χ0v) is 9.82. The minimum Gasteiger partial charge on any atom is -0.480 e. The van der Waals surface area contributed by atoms with E-state index in [0.717, 1.165) is 13.0 Å². The van der Waals surface area contributed by atoms with E-state index >= 15 is 0 Å². The third-order valence-electron chi connectivity index (χ3n) is 3.05. The molecule has 3 N–H and O–H groups in total. The highest BCUT2D eigenvalue weighted by molar-refractivity contribution is 5.85. The van der Waals surface area contributed by atoms with E-state index < -0.39 is 12.0 Å². The highest BCUT2D eigenvalue weighted by Crippen LogP contribution is 2.16. The first-order valence-electron chi connectivity index (χ1n) is 5.80. The van der Waals surface area contributed by atoms with Crippen LogP contribution in [0.15, 0.2) is 0 Å². The molecule has 3 atom stereocenters. The number of hydrogen-bond acceptors (Lipinski definition) is 3. The van der Waals surface area contributed by atoms with Crippen LogP contribution in [0.2, 0.25) is 0 Å². The molecule has 1 rings (SSSR count). The lowest BCUT2D eigenvalue weighted by atomic mass is 9.96. The standard InChI is InChI=1S/C11H20N2O3/c1-3-4-9(11(15)16)13-10(14)8-6-12-5-7(8)2/h7-9,12H,3-6H2,1-2H3,(H,13,14)(H,15,16). The number of carboxylic acids is 1. The van der Waals surface area contributed by atoms with Crippen molar-refractivity contribution in [3.63, 3.8) is 0 Å². The number of amides is 1. The number of rotatable bonds is 5. The summed E-state index contributed by atoms with van der Waals surface area (Å²) in [5, 5.41) is 14.7. The summed E-state index contributed by atoms with van der Waals surface area (Å²) in [5.41, 5.74) is 0. The van der Waals surface area contributed by atoms with Gasteiger partial charge in [0.1, 0.15) is 6.04 Å². The Hall–Kier alpha value is -1.10. The summed E-state index contributed by atoms with van der Waals surface area (Å²) >= 11 is 0. The molecule has 16 heavy (non-hydrogen) atoms.